The number of rotatable bonds is 6. The first-order valence-corrected chi connectivity index (χ1v) is 8.76. The summed E-state index contributed by atoms with van der Waals surface area (Å²) in [6, 6.07) is 9.77. The molecule has 1 aromatic carbocycles. The van der Waals surface area contributed by atoms with E-state index in [4.69, 9.17) is 5.73 Å². The van der Waals surface area contributed by atoms with Crippen molar-refractivity contribution in [3.05, 3.63) is 56.7 Å². The Labute approximate surface area is 145 Å². The standard InChI is InChI=1S/C19H24N4O2/c1-3-9-22-16-11-15(14-7-5-13(12-20)6-8-14)21-17(16)18(24)23(10-4-2)19(22)25/h5-8,11,21H,3-4,9-10,12,20H2,1-2H3. The summed E-state index contributed by atoms with van der Waals surface area (Å²) in [5, 5.41) is 0. The summed E-state index contributed by atoms with van der Waals surface area (Å²) in [7, 11) is 0. The lowest BCUT2D eigenvalue weighted by Crippen LogP contribution is -2.39. The molecule has 2 heterocycles. The van der Waals surface area contributed by atoms with Crippen molar-refractivity contribution in [2.45, 2.75) is 46.3 Å². The number of fused-ring (bicyclic) bond motifs is 1. The first kappa shape index (κ1) is 17.2. The number of nitrogens with two attached hydrogens (primary N) is 1. The molecule has 0 spiro atoms. The lowest BCUT2D eigenvalue weighted by atomic mass is 10.1. The summed E-state index contributed by atoms with van der Waals surface area (Å²) in [5.74, 6) is 0. The molecule has 0 radical (unpaired) electrons. The maximum atomic E-state index is 12.7. The van der Waals surface area contributed by atoms with Crippen LogP contribution in [-0.2, 0) is 19.6 Å². The van der Waals surface area contributed by atoms with Gasteiger partial charge in [0.15, 0.2) is 0 Å². The van der Waals surface area contributed by atoms with Crippen molar-refractivity contribution >= 4 is 11.0 Å². The zero-order valence-electron chi connectivity index (χ0n) is 14.7. The number of aryl methyl sites for hydroxylation is 1. The average molecular weight is 340 g/mol. The normalized spacial score (nSPS) is 11.3. The molecule has 0 fully saturated rings. The minimum Gasteiger partial charge on any atom is -0.349 e. The van der Waals surface area contributed by atoms with E-state index in [1.165, 1.54) is 4.57 Å². The zero-order chi connectivity index (χ0) is 18.0. The number of benzene rings is 1. The van der Waals surface area contributed by atoms with E-state index >= 15 is 0 Å². The highest BCUT2D eigenvalue weighted by molar-refractivity contribution is 5.82. The van der Waals surface area contributed by atoms with Gasteiger partial charge in [-0.15, -0.1) is 0 Å². The molecule has 0 saturated carbocycles. The number of nitrogens with zero attached hydrogens (tertiary/aromatic N) is 2. The molecule has 2 aromatic heterocycles. The smallest absolute Gasteiger partial charge is 0.331 e. The molecule has 132 valence electrons. The Hall–Kier alpha value is -2.60. The molecule has 0 bridgehead atoms. The first-order valence-electron chi connectivity index (χ1n) is 8.76. The molecule has 0 unspecified atom stereocenters. The van der Waals surface area contributed by atoms with E-state index in [9.17, 15) is 9.59 Å². The molecule has 0 aliphatic rings. The van der Waals surface area contributed by atoms with Gasteiger partial charge in [-0.25, -0.2) is 4.79 Å². The van der Waals surface area contributed by atoms with Crippen molar-refractivity contribution < 1.29 is 0 Å². The maximum Gasteiger partial charge on any atom is 0.331 e. The predicted molar refractivity (Wildman–Crippen MR) is 101 cm³/mol. The molecule has 3 aromatic rings. The van der Waals surface area contributed by atoms with Gasteiger partial charge >= 0.3 is 5.69 Å². The Balaban J connectivity index is 2.24. The summed E-state index contributed by atoms with van der Waals surface area (Å²) >= 11 is 0. The quantitative estimate of drug-likeness (QED) is 0.722. The number of hydrogen-bond donors (Lipinski definition) is 2. The van der Waals surface area contributed by atoms with Gasteiger partial charge in [0.05, 0.1) is 5.52 Å². The van der Waals surface area contributed by atoms with Crippen LogP contribution in [0.5, 0.6) is 0 Å². The third kappa shape index (κ3) is 3.05. The Kier molecular flexibility index (Phi) is 4.90. The Morgan fingerprint density at radius 1 is 1.00 bits per heavy atom. The monoisotopic (exact) mass is 340 g/mol. The van der Waals surface area contributed by atoms with Crippen LogP contribution in [0.3, 0.4) is 0 Å². The number of H-pyrrole nitrogens is 1. The molecule has 0 saturated heterocycles. The highest BCUT2D eigenvalue weighted by atomic mass is 16.2. The number of nitrogens with one attached hydrogen (secondary N) is 1. The third-order valence-electron chi connectivity index (χ3n) is 4.40. The van der Waals surface area contributed by atoms with Gasteiger partial charge in [-0.3, -0.25) is 13.9 Å². The van der Waals surface area contributed by atoms with E-state index in [2.05, 4.69) is 4.98 Å². The second kappa shape index (κ2) is 7.11. The van der Waals surface area contributed by atoms with Crippen molar-refractivity contribution in [2.24, 2.45) is 5.73 Å². The second-order valence-electron chi connectivity index (χ2n) is 6.24. The fraction of sp³-hybridized carbons (Fsp3) is 0.368. The minimum atomic E-state index is -0.251. The molecule has 0 atom stereocenters. The van der Waals surface area contributed by atoms with Gasteiger partial charge in [0.25, 0.3) is 5.56 Å². The van der Waals surface area contributed by atoms with Crippen molar-refractivity contribution in [3.8, 4) is 11.3 Å². The molecule has 0 aliphatic carbocycles. The van der Waals surface area contributed by atoms with Crippen LogP contribution in [0.2, 0.25) is 0 Å². The summed E-state index contributed by atoms with van der Waals surface area (Å²) in [6.45, 7) is 5.48. The Bertz CT molecular complexity index is 993. The topological polar surface area (TPSA) is 85.8 Å². The molecule has 0 amide bonds. The summed E-state index contributed by atoms with van der Waals surface area (Å²) in [4.78, 5) is 28.7. The lowest BCUT2D eigenvalue weighted by molar-refractivity contribution is 0.558. The van der Waals surface area contributed by atoms with Crippen LogP contribution in [0.1, 0.15) is 32.3 Å². The van der Waals surface area contributed by atoms with Crippen molar-refractivity contribution in [2.75, 3.05) is 0 Å². The van der Waals surface area contributed by atoms with E-state index < -0.39 is 0 Å². The molecule has 0 aliphatic heterocycles. The van der Waals surface area contributed by atoms with Crippen LogP contribution in [-0.4, -0.2) is 14.1 Å². The fourth-order valence-corrected chi connectivity index (χ4v) is 3.13. The summed E-state index contributed by atoms with van der Waals surface area (Å²) in [6.07, 6.45) is 1.56. The maximum absolute atomic E-state index is 12.7. The van der Waals surface area contributed by atoms with Crippen LogP contribution in [0, 0.1) is 0 Å². The van der Waals surface area contributed by atoms with Gasteiger partial charge < -0.3 is 10.7 Å². The second-order valence-corrected chi connectivity index (χ2v) is 6.24. The highest BCUT2D eigenvalue weighted by Gasteiger charge is 2.15. The third-order valence-corrected chi connectivity index (χ3v) is 4.40. The van der Waals surface area contributed by atoms with Gasteiger partial charge in [-0.05, 0) is 30.0 Å². The van der Waals surface area contributed by atoms with E-state index in [1.807, 2.05) is 44.2 Å². The predicted octanol–water partition coefficient (Wildman–Crippen LogP) is 2.44. The number of hydrogen-bond acceptors (Lipinski definition) is 3. The molecule has 6 heteroatoms. The van der Waals surface area contributed by atoms with Gasteiger partial charge in [-0.2, -0.15) is 0 Å². The first-order chi connectivity index (χ1) is 12.1. The molecule has 3 N–H and O–H groups in total. The lowest BCUT2D eigenvalue weighted by Gasteiger charge is -2.10. The van der Waals surface area contributed by atoms with Crippen LogP contribution in [0.25, 0.3) is 22.3 Å². The largest absolute Gasteiger partial charge is 0.349 e. The van der Waals surface area contributed by atoms with E-state index in [0.29, 0.717) is 30.7 Å². The minimum absolute atomic E-state index is 0.231. The van der Waals surface area contributed by atoms with Crippen LogP contribution < -0.4 is 17.0 Å². The number of aromatic nitrogens is 3. The Morgan fingerprint density at radius 3 is 2.24 bits per heavy atom. The van der Waals surface area contributed by atoms with Gasteiger partial charge in [0.2, 0.25) is 0 Å². The van der Waals surface area contributed by atoms with Crippen molar-refractivity contribution in [1.29, 1.82) is 0 Å². The zero-order valence-corrected chi connectivity index (χ0v) is 14.7. The van der Waals surface area contributed by atoms with Gasteiger partial charge in [0, 0.05) is 25.3 Å². The van der Waals surface area contributed by atoms with Crippen LogP contribution >= 0.6 is 0 Å². The molecule has 6 nitrogen and oxygen atoms in total. The van der Waals surface area contributed by atoms with E-state index in [0.717, 1.165) is 29.7 Å². The molecule has 3 rings (SSSR count). The highest BCUT2D eigenvalue weighted by Crippen LogP contribution is 2.22. The van der Waals surface area contributed by atoms with E-state index in [-0.39, 0.29) is 11.2 Å². The van der Waals surface area contributed by atoms with Crippen molar-refractivity contribution in [1.82, 2.24) is 14.1 Å². The molecular formula is C19H24N4O2. The number of aromatic amines is 1. The SMILES string of the molecule is CCCn1c(=O)c2[nH]c(-c3ccc(CN)cc3)cc2n(CCC)c1=O. The average Bonchev–Trinajstić information content (AvgIpc) is 3.08. The fourth-order valence-electron chi connectivity index (χ4n) is 3.13. The van der Waals surface area contributed by atoms with Crippen molar-refractivity contribution in [3.63, 3.8) is 0 Å². The van der Waals surface area contributed by atoms with Gasteiger partial charge in [-0.1, -0.05) is 38.1 Å². The molecule has 25 heavy (non-hydrogen) atoms. The summed E-state index contributed by atoms with van der Waals surface area (Å²) in [5.41, 5.74) is 9.16. The van der Waals surface area contributed by atoms with E-state index in [1.54, 1.807) is 4.57 Å². The van der Waals surface area contributed by atoms with Gasteiger partial charge in [0.1, 0.15) is 5.52 Å². The van der Waals surface area contributed by atoms with Crippen LogP contribution in [0.15, 0.2) is 39.9 Å². The molecular weight excluding hydrogens is 316 g/mol. The summed E-state index contributed by atoms with van der Waals surface area (Å²) < 4.78 is 3.02. The van der Waals surface area contributed by atoms with Crippen LogP contribution in [0.4, 0.5) is 0 Å². The Morgan fingerprint density at radius 2 is 1.64 bits per heavy atom.